The van der Waals surface area contributed by atoms with Crippen LogP contribution in [0.1, 0.15) is 24.8 Å². The van der Waals surface area contributed by atoms with Crippen LogP contribution in [0.3, 0.4) is 0 Å². The van der Waals surface area contributed by atoms with Crippen molar-refractivity contribution in [2.75, 3.05) is 33.4 Å². The molecule has 1 saturated heterocycles. The molecule has 4 heteroatoms. The van der Waals surface area contributed by atoms with E-state index in [9.17, 15) is 0 Å². The molecule has 0 spiro atoms. The van der Waals surface area contributed by atoms with Gasteiger partial charge >= 0.3 is 0 Å². The number of methoxy groups -OCH3 is 1. The van der Waals surface area contributed by atoms with E-state index in [4.69, 9.17) is 15.2 Å². The Kier molecular flexibility index (Phi) is 5.68. The van der Waals surface area contributed by atoms with Gasteiger partial charge in [-0.05, 0) is 44.0 Å². The summed E-state index contributed by atoms with van der Waals surface area (Å²) in [6.07, 6.45) is 3.78. The van der Waals surface area contributed by atoms with Crippen molar-refractivity contribution in [1.82, 2.24) is 4.90 Å². The van der Waals surface area contributed by atoms with Gasteiger partial charge in [-0.25, -0.2) is 0 Å². The van der Waals surface area contributed by atoms with Crippen molar-refractivity contribution < 1.29 is 9.47 Å². The van der Waals surface area contributed by atoms with E-state index in [1.807, 2.05) is 25.1 Å². The first-order valence-electron chi connectivity index (χ1n) is 7.46. The Morgan fingerprint density at radius 3 is 2.90 bits per heavy atom. The molecule has 1 aliphatic rings. The van der Waals surface area contributed by atoms with Gasteiger partial charge in [-0.2, -0.15) is 0 Å². The second-order valence-corrected chi connectivity index (χ2v) is 5.42. The molecule has 2 N–H and O–H groups in total. The summed E-state index contributed by atoms with van der Waals surface area (Å²) in [7, 11) is 1.68. The molecule has 4 nitrogen and oxygen atoms in total. The number of benzene rings is 1. The van der Waals surface area contributed by atoms with Gasteiger partial charge in [0, 0.05) is 19.1 Å². The summed E-state index contributed by atoms with van der Waals surface area (Å²) in [6, 6.07) is 6.54. The molecule has 0 aromatic heterocycles. The highest BCUT2D eigenvalue weighted by Gasteiger charge is 2.20. The normalized spacial score (nSPS) is 19.9. The number of hydrogen-bond acceptors (Lipinski definition) is 4. The summed E-state index contributed by atoms with van der Waals surface area (Å²) in [5.41, 5.74) is 7.01. The lowest BCUT2D eigenvalue weighted by Gasteiger charge is -2.34. The zero-order valence-electron chi connectivity index (χ0n) is 12.6. The van der Waals surface area contributed by atoms with Crippen LogP contribution in [-0.4, -0.2) is 44.3 Å². The Labute approximate surface area is 121 Å². The smallest absolute Gasteiger partial charge is 0.161 e. The van der Waals surface area contributed by atoms with Crippen molar-refractivity contribution in [2.24, 2.45) is 5.73 Å². The number of likely N-dealkylation sites (tertiary alicyclic amines) is 1. The van der Waals surface area contributed by atoms with Crippen LogP contribution in [0.5, 0.6) is 11.5 Å². The molecule has 1 aliphatic heterocycles. The first kappa shape index (κ1) is 15.1. The highest BCUT2D eigenvalue weighted by atomic mass is 16.5. The average Bonchev–Trinajstić information content (AvgIpc) is 2.49. The SMILES string of the molecule is COc1cc(C)ccc1OCCN1CCCC[C@@H]1CN. The molecule has 0 bridgehead atoms. The maximum absolute atomic E-state index is 5.87. The minimum atomic E-state index is 0.521. The number of ether oxygens (including phenoxy) is 2. The van der Waals surface area contributed by atoms with E-state index in [0.29, 0.717) is 12.6 Å². The number of piperidine rings is 1. The lowest BCUT2D eigenvalue weighted by atomic mass is 10.0. The van der Waals surface area contributed by atoms with Gasteiger partial charge in [0.15, 0.2) is 11.5 Å². The standard InChI is InChI=1S/C16H26N2O2/c1-13-6-7-15(16(11-13)19-2)20-10-9-18-8-4-3-5-14(18)12-17/h6-7,11,14H,3-5,8-10,12,17H2,1-2H3/t14-/m1/s1. The van der Waals surface area contributed by atoms with Crippen molar-refractivity contribution in [3.05, 3.63) is 23.8 Å². The van der Waals surface area contributed by atoms with E-state index in [1.165, 1.54) is 24.8 Å². The molecule has 0 radical (unpaired) electrons. The summed E-state index contributed by atoms with van der Waals surface area (Å²) >= 11 is 0. The lowest BCUT2D eigenvalue weighted by Crippen LogP contribution is -2.45. The molecule has 0 amide bonds. The Bertz CT molecular complexity index is 423. The molecule has 1 atom stereocenters. The summed E-state index contributed by atoms with van der Waals surface area (Å²) in [6.45, 7) is 5.53. The predicted octanol–water partition coefficient (Wildman–Crippen LogP) is 2.20. The van der Waals surface area contributed by atoms with Crippen LogP contribution in [0.25, 0.3) is 0 Å². The number of nitrogens with two attached hydrogens (primary N) is 1. The van der Waals surface area contributed by atoms with Crippen LogP contribution in [0.4, 0.5) is 0 Å². The molecule has 20 heavy (non-hydrogen) atoms. The summed E-state index contributed by atoms with van der Waals surface area (Å²) in [4.78, 5) is 2.45. The molecule has 0 aliphatic carbocycles. The topological polar surface area (TPSA) is 47.7 Å². The van der Waals surface area contributed by atoms with Crippen LogP contribution >= 0.6 is 0 Å². The van der Waals surface area contributed by atoms with E-state index in [1.54, 1.807) is 7.11 Å². The third-order valence-electron chi connectivity index (χ3n) is 3.98. The van der Waals surface area contributed by atoms with Crippen molar-refractivity contribution >= 4 is 0 Å². The third kappa shape index (κ3) is 3.87. The van der Waals surface area contributed by atoms with Gasteiger partial charge in [-0.15, -0.1) is 0 Å². The summed E-state index contributed by atoms with van der Waals surface area (Å²) in [5.74, 6) is 1.62. The number of aryl methyl sites for hydroxylation is 1. The fourth-order valence-corrected chi connectivity index (χ4v) is 2.79. The fourth-order valence-electron chi connectivity index (χ4n) is 2.79. The Morgan fingerprint density at radius 1 is 1.30 bits per heavy atom. The highest BCUT2D eigenvalue weighted by molar-refractivity contribution is 5.42. The van der Waals surface area contributed by atoms with Crippen molar-refractivity contribution in [3.8, 4) is 11.5 Å². The molecule has 1 fully saturated rings. The molecular formula is C16H26N2O2. The zero-order valence-corrected chi connectivity index (χ0v) is 12.6. The van der Waals surface area contributed by atoms with Crippen LogP contribution in [0.15, 0.2) is 18.2 Å². The fraction of sp³-hybridized carbons (Fsp3) is 0.625. The van der Waals surface area contributed by atoms with Crippen LogP contribution in [-0.2, 0) is 0 Å². The van der Waals surface area contributed by atoms with E-state index in [-0.39, 0.29) is 0 Å². The molecule has 112 valence electrons. The van der Waals surface area contributed by atoms with Crippen molar-refractivity contribution in [3.63, 3.8) is 0 Å². The molecular weight excluding hydrogens is 252 g/mol. The first-order chi connectivity index (χ1) is 9.74. The van der Waals surface area contributed by atoms with Crippen molar-refractivity contribution in [2.45, 2.75) is 32.2 Å². The van der Waals surface area contributed by atoms with E-state index < -0.39 is 0 Å². The highest BCUT2D eigenvalue weighted by Crippen LogP contribution is 2.27. The van der Waals surface area contributed by atoms with Gasteiger partial charge in [0.05, 0.1) is 7.11 Å². The summed E-state index contributed by atoms with van der Waals surface area (Å²) in [5, 5.41) is 0. The van der Waals surface area contributed by atoms with E-state index in [2.05, 4.69) is 4.90 Å². The largest absolute Gasteiger partial charge is 0.493 e. The third-order valence-corrected chi connectivity index (χ3v) is 3.98. The van der Waals surface area contributed by atoms with Crippen LogP contribution in [0.2, 0.25) is 0 Å². The van der Waals surface area contributed by atoms with E-state index in [0.717, 1.165) is 31.1 Å². The molecule has 0 unspecified atom stereocenters. The Morgan fingerprint density at radius 2 is 2.15 bits per heavy atom. The second kappa shape index (κ2) is 7.50. The Hall–Kier alpha value is -1.26. The minimum Gasteiger partial charge on any atom is -0.493 e. The monoisotopic (exact) mass is 278 g/mol. The quantitative estimate of drug-likeness (QED) is 0.866. The second-order valence-electron chi connectivity index (χ2n) is 5.42. The van der Waals surface area contributed by atoms with Gasteiger partial charge in [0.1, 0.15) is 6.61 Å². The predicted molar refractivity (Wildman–Crippen MR) is 81.5 cm³/mol. The maximum Gasteiger partial charge on any atom is 0.161 e. The molecule has 1 aromatic rings. The van der Waals surface area contributed by atoms with Gasteiger partial charge in [-0.3, -0.25) is 4.90 Å². The maximum atomic E-state index is 5.87. The van der Waals surface area contributed by atoms with Gasteiger partial charge < -0.3 is 15.2 Å². The number of rotatable bonds is 6. The van der Waals surface area contributed by atoms with Gasteiger partial charge in [0.2, 0.25) is 0 Å². The molecule has 2 rings (SSSR count). The van der Waals surface area contributed by atoms with Crippen molar-refractivity contribution in [1.29, 1.82) is 0 Å². The molecule has 0 saturated carbocycles. The summed E-state index contributed by atoms with van der Waals surface area (Å²) < 4.78 is 11.2. The van der Waals surface area contributed by atoms with Gasteiger partial charge in [0.25, 0.3) is 0 Å². The van der Waals surface area contributed by atoms with Crippen LogP contribution < -0.4 is 15.2 Å². The molecule has 1 aromatic carbocycles. The zero-order chi connectivity index (χ0) is 14.4. The van der Waals surface area contributed by atoms with E-state index >= 15 is 0 Å². The minimum absolute atomic E-state index is 0.521. The lowest BCUT2D eigenvalue weighted by molar-refractivity contribution is 0.126. The molecule has 1 heterocycles. The van der Waals surface area contributed by atoms with Crippen LogP contribution in [0, 0.1) is 6.92 Å². The number of nitrogens with zero attached hydrogens (tertiary/aromatic N) is 1. The average molecular weight is 278 g/mol. The number of hydrogen-bond donors (Lipinski definition) is 1. The van der Waals surface area contributed by atoms with Gasteiger partial charge in [-0.1, -0.05) is 12.5 Å². The Balaban J connectivity index is 1.86. The first-order valence-corrected chi connectivity index (χ1v) is 7.46.